The molecule has 0 saturated carbocycles. The van der Waals surface area contributed by atoms with Crippen molar-refractivity contribution in [3.8, 4) is 0 Å². The maximum Gasteiger partial charge on any atom is 0.437 e. The van der Waals surface area contributed by atoms with Crippen molar-refractivity contribution in [2.75, 3.05) is 6.54 Å². The van der Waals surface area contributed by atoms with Crippen molar-refractivity contribution >= 4 is 17.5 Å². The van der Waals surface area contributed by atoms with Crippen LogP contribution in [0.4, 0.5) is 48.3 Å². The van der Waals surface area contributed by atoms with Crippen molar-refractivity contribution < 1.29 is 62.7 Å². The molecule has 2 atom stereocenters. The number of halogens is 11. The van der Waals surface area contributed by atoms with Gasteiger partial charge in [-0.25, -0.2) is 26.9 Å². The van der Waals surface area contributed by atoms with E-state index in [1.54, 1.807) is 0 Å². The number of pyridine rings is 1. The number of aromatic nitrogens is 1. The zero-order valence-electron chi connectivity index (χ0n) is 20.3. The minimum Gasteiger partial charge on any atom is -0.372 e. The number of alkyl halides is 11. The minimum absolute atomic E-state index is 0.0565. The monoisotopic (exact) mass is 606 g/mol. The molecule has 2 heterocycles. The molecule has 0 saturated heterocycles. The number of amides is 2. The summed E-state index contributed by atoms with van der Waals surface area (Å²) in [6.07, 6.45) is -22.1. The second-order valence-corrected chi connectivity index (χ2v) is 8.61. The molecule has 2 unspecified atom stereocenters. The summed E-state index contributed by atoms with van der Waals surface area (Å²) >= 11 is 0. The lowest BCUT2D eigenvalue weighted by atomic mass is 9.88. The van der Waals surface area contributed by atoms with Crippen LogP contribution in [0.25, 0.3) is 0 Å². The van der Waals surface area contributed by atoms with Crippen LogP contribution in [0.1, 0.15) is 51.3 Å². The van der Waals surface area contributed by atoms with Gasteiger partial charge in [0.1, 0.15) is 5.69 Å². The predicted octanol–water partition coefficient (Wildman–Crippen LogP) is 5.34. The SMILES string of the molecule is Cc1cc(C2=NOC(c3cc(C(F)(F)F)cc(C(F)F)n3)(C(F)(F)F)C2)ccc1C(=O)NCC(=O)NC(F)C(F)F. The second-order valence-electron chi connectivity index (χ2n) is 8.61. The quantitative estimate of drug-likeness (QED) is 0.314. The fourth-order valence-electron chi connectivity index (χ4n) is 3.68. The van der Waals surface area contributed by atoms with Crippen LogP contribution >= 0.6 is 0 Å². The first-order chi connectivity index (χ1) is 18.9. The summed E-state index contributed by atoms with van der Waals surface area (Å²) in [5.74, 6) is -2.22. The average molecular weight is 606 g/mol. The highest BCUT2D eigenvalue weighted by Crippen LogP contribution is 2.49. The van der Waals surface area contributed by atoms with E-state index in [1.165, 1.54) is 12.2 Å². The number of aryl methyl sites for hydroxylation is 1. The fourth-order valence-corrected chi connectivity index (χ4v) is 3.68. The number of carbonyl (C=O) groups excluding carboxylic acids is 2. The molecule has 7 nitrogen and oxygen atoms in total. The van der Waals surface area contributed by atoms with Crippen molar-refractivity contribution in [3.05, 3.63) is 64.0 Å². The Balaban J connectivity index is 1.86. The minimum atomic E-state index is -5.48. The third-order valence-corrected chi connectivity index (χ3v) is 5.73. The van der Waals surface area contributed by atoms with E-state index in [0.717, 1.165) is 18.2 Å². The molecule has 1 aromatic heterocycles. The summed E-state index contributed by atoms with van der Waals surface area (Å²) in [6.45, 7) is 0.413. The van der Waals surface area contributed by atoms with Crippen molar-refractivity contribution in [3.63, 3.8) is 0 Å². The van der Waals surface area contributed by atoms with Gasteiger partial charge in [-0.3, -0.25) is 9.59 Å². The summed E-state index contributed by atoms with van der Waals surface area (Å²) in [5, 5.41) is 6.66. The number of carbonyl (C=O) groups is 2. The van der Waals surface area contributed by atoms with Crippen molar-refractivity contribution in [1.82, 2.24) is 15.6 Å². The normalized spacial score (nSPS) is 18.2. The van der Waals surface area contributed by atoms with Crippen LogP contribution in [0.2, 0.25) is 0 Å². The molecule has 1 aromatic carbocycles. The molecule has 224 valence electrons. The molecule has 0 spiro atoms. The molecule has 0 bridgehead atoms. The Morgan fingerprint density at radius 2 is 1.68 bits per heavy atom. The molecule has 18 heteroatoms. The van der Waals surface area contributed by atoms with Crippen LogP contribution in [-0.4, -0.2) is 48.0 Å². The smallest absolute Gasteiger partial charge is 0.372 e. The Morgan fingerprint density at radius 3 is 2.22 bits per heavy atom. The van der Waals surface area contributed by atoms with Gasteiger partial charge in [0.05, 0.1) is 29.9 Å². The number of hydrogen-bond donors (Lipinski definition) is 2. The molecule has 2 N–H and O–H groups in total. The van der Waals surface area contributed by atoms with E-state index < -0.39 is 84.5 Å². The molecule has 1 aliphatic heterocycles. The Bertz CT molecular complexity index is 1350. The lowest BCUT2D eigenvalue weighted by Crippen LogP contribution is -2.43. The van der Waals surface area contributed by atoms with E-state index in [2.05, 4.69) is 15.0 Å². The van der Waals surface area contributed by atoms with E-state index in [9.17, 15) is 57.9 Å². The summed E-state index contributed by atoms with van der Waals surface area (Å²) in [7, 11) is 0. The second kappa shape index (κ2) is 11.5. The van der Waals surface area contributed by atoms with E-state index in [0.29, 0.717) is 0 Å². The summed E-state index contributed by atoms with van der Waals surface area (Å²) in [4.78, 5) is 31.5. The third-order valence-electron chi connectivity index (χ3n) is 5.73. The molecule has 3 rings (SSSR count). The Morgan fingerprint density at radius 1 is 1.02 bits per heavy atom. The maximum atomic E-state index is 14.2. The van der Waals surface area contributed by atoms with E-state index in [4.69, 9.17) is 0 Å². The molecule has 0 fully saturated rings. The number of benzene rings is 1. The van der Waals surface area contributed by atoms with Crippen LogP contribution in [0, 0.1) is 6.92 Å². The lowest BCUT2D eigenvalue weighted by molar-refractivity contribution is -0.277. The van der Waals surface area contributed by atoms with Gasteiger partial charge in [-0.15, -0.1) is 0 Å². The average Bonchev–Trinajstić information content (AvgIpc) is 3.33. The summed E-state index contributed by atoms with van der Waals surface area (Å²) < 4.78 is 146. The van der Waals surface area contributed by atoms with Crippen LogP contribution in [0.3, 0.4) is 0 Å². The third kappa shape index (κ3) is 6.84. The Labute approximate surface area is 222 Å². The number of nitrogens with one attached hydrogen (secondary N) is 2. The van der Waals surface area contributed by atoms with Gasteiger partial charge in [0.15, 0.2) is 0 Å². The van der Waals surface area contributed by atoms with Crippen LogP contribution in [0.15, 0.2) is 35.5 Å². The van der Waals surface area contributed by atoms with Gasteiger partial charge >= 0.3 is 12.4 Å². The zero-order valence-corrected chi connectivity index (χ0v) is 20.3. The lowest BCUT2D eigenvalue weighted by Gasteiger charge is -2.29. The number of nitrogens with zero attached hydrogens (tertiary/aromatic N) is 2. The fraction of sp³-hybridized carbons (Fsp3) is 0.391. The van der Waals surface area contributed by atoms with Gasteiger partial charge in [-0.05, 0) is 42.3 Å². The molecule has 0 radical (unpaired) electrons. The molecule has 2 aromatic rings. The number of hydrogen-bond acceptors (Lipinski definition) is 5. The Hall–Kier alpha value is -3.99. The molecule has 0 aliphatic carbocycles. The molecule has 41 heavy (non-hydrogen) atoms. The van der Waals surface area contributed by atoms with Gasteiger partial charge in [0.2, 0.25) is 12.2 Å². The van der Waals surface area contributed by atoms with Gasteiger partial charge < -0.3 is 15.5 Å². The van der Waals surface area contributed by atoms with Crippen LogP contribution in [0.5, 0.6) is 0 Å². The predicted molar refractivity (Wildman–Crippen MR) is 117 cm³/mol. The van der Waals surface area contributed by atoms with Crippen molar-refractivity contribution in [2.45, 2.75) is 50.4 Å². The topological polar surface area (TPSA) is 92.7 Å². The highest BCUT2D eigenvalue weighted by atomic mass is 19.4. The molecular weight excluding hydrogens is 589 g/mol. The van der Waals surface area contributed by atoms with Crippen molar-refractivity contribution in [1.29, 1.82) is 0 Å². The first-order valence-corrected chi connectivity index (χ1v) is 11.2. The highest BCUT2D eigenvalue weighted by molar-refractivity contribution is 6.04. The zero-order chi connectivity index (χ0) is 30.9. The van der Waals surface area contributed by atoms with Gasteiger partial charge in [-0.2, -0.15) is 26.3 Å². The Kier molecular flexibility index (Phi) is 8.83. The van der Waals surface area contributed by atoms with Gasteiger partial charge in [0, 0.05) is 5.56 Å². The molecule has 2 amide bonds. The molecular formula is C23H17F11N4O3. The van der Waals surface area contributed by atoms with Crippen LogP contribution in [-0.2, 0) is 21.4 Å². The number of rotatable bonds is 8. The number of oxime groups is 1. The maximum absolute atomic E-state index is 14.2. The van der Waals surface area contributed by atoms with E-state index in [-0.39, 0.29) is 28.8 Å². The standard InChI is InChI=1S/C23H17F11N4O3/c1-9-4-10(2-3-12(9)20(40)35-8-16(39)37-19(28)18(26)27)14-7-21(41-38-14,23(32,33)34)15-6-11(22(29,30)31)5-13(36-15)17(24)25/h2-6,17-19H,7-8H2,1H3,(H,35,40)(H,37,39). The first kappa shape index (κ1) is 31.5. The van der Waals surface area contributed by atoms with Crippen LogP contribution < -0.4 is 10.6 Å². The first-order valence-electron chi connectivity index (χ1n) is 11.2. The molecule has 1 aliphatic rings. The van der Waals surface area contributed by atoms with Gasteiger partial charge in [-0.1, -0.05) is 11.2 Å². The highest BCUT2D eigenvalue weighted by Gasteiger charge is 2.64. The van der Waals surface area contributed by atoms with E-state index in [1.807, 2.05) is 5.32 Å². The summed E-state index contributed by atoms with van der Waals surface area (Å²) in [6, 6.07) is 3.15. The summed E-state index contributed by atoms with van der Waals surface area (Å²) in [5.41, 5.74) is -9.16. The van der Waals surface area contributed by atoms with E-state index >= 15 is 0 Å². The van der Waals surface area contributed by atoms with Crippen molar-refractivity contribution in [2.24, 2.45) is 5.16 Å². The van der Waals surface area contributed by atoms with Gasteiger partial charge in [0.25, 0.3) is 24.4 Å². The largest absolute Gasteiger partial charge is 0.437 e.